The van der Waals surface area contributed by atoms with E-state index in [4.69, 9.17) is 4.74 Å². The summed E-state index contributed by atoms with van der Waals surface area (Å²) in [7, 11) is 0. The van der Waals surface area contributed by atoms with E-state index in [2.05, 4.69) is 20.7 Å². The van der Waals surface area contributed by atoms with Gasteiger partial charge in [0, 0.05) is 36.7 Å². The van der Waals surface area contributed by atoms with Gasteiger partial charge in [-0.2, -0.15) is 5.10 Å². The number of amides is 1. The zero-order valence-corrected chi connectivity index (χ0v) is 13.2. The Bertz CT molecular complexity index is 664. The first kappa shape index (κ1) is 15.5. The molecule has 2 N–H and O–H groups in total. The van der Waals surface area contributed by atoms with Crippen molar-refractivity contribution in [2.45, 2.75) is 32.5 Å². The van der Waals surface area contributed by atoms with Gasteiger partial charge < -0.3 is 15.4 Å². The normalized spacial score (nSPS) is 17.2. The summed E-state index contributed by atoms with van der Waals surface area (Å²) in [6.45, 7) is 4.37. The van der Waals surface area contributed by atoms with E-state index in [1.54, 1.807) is 23.3 Å². The van der Waals surface area contributed by atoms with E-state index in [1.807, 2.05) is 19.1 Å². The van der Waals surface area contributed by atoms with Crippen LogP contribution in [0.25, 0.3) is 0 Å². The van der Waals surface area contributed by atoms with Crippen LogP contribution in [0, 0.1) is 6.92 Å². The number of aromatic nitrogens is 3. The van der Waals surface area contributed by atoms with Crippen molar-refractivity contribution < 1.29 is 9.53 Å². The molecule has 7 nitrogen and oxygen atoms in total. The van der Waals surface area contributed by atoms with E-state index < -0.39 is 0 Å². The third-order valence-electron chi connectivity index (χ3n) is 3.88. The number of nitrogens with zero attached hydrogens (tertiary/aromatic N) is 3. The number of carbonyl (C=O) groups is 1. The van der Waals surface area contributed by atoms with E-state index in [-0.39, 0.29) is 18.6 Å². The van der Waals surface area contributed by atoms with Crippen molar-refractivity contribution in [1.29, 1.82) is 0 Å². The van der Waals surface area contributed by atoms with Gasteiger partial charge in [-0.1, -0.05) is 0 Å². The Morgan fingerprint density at radius 3 is 3.13 bits per heavy atom. The summed E-state index contributed by atoms with van der Waals surface area (Å²) < 4.78 is 7.64. The lowest BCUT2D eigenvalue weighted by Gasteiger charge is -2.16. The molecular weight excluding hydrogens is 294 g/mol. The second-order valence-corrected chi connectivity index (χ2v) is 5.62. The minimum absolute atomic E-state index is 0.0814. The van der Waals surface area contributed by atoms with Crippen LogP contribution in [0.1, 0.15) is 17.7 Å². The highest BCUT2D eigenvalue weighted by atomic mass is 16.5. The highest BCUT2D eigenvalue weighted by Gasteiger charge is 2.17. The number of nitrogens with one attached hydrogen (secondary N) is 2. The SMILES string of the molecule is Cc1ccnn1CC(=O)NCc1ccncc1O[C@H]1CCNC1. The van der Waals surface area contributed by atoms with Gasteiger partial charge in [0.25, 0.3) is 0 Å². The number of carbonyl (C=O) groups excluding carboxylic acids is 1. The predicted molar refractivity (Wildman–Crippen MR) is 85.0 cm³/mol. The van der Waals surface area contributed by atoms with E-state index in [0.29, 0.717) is 6.54 Å². The second kappa shape index (κ2) is 7.23. The minimum Gasteiger partial charge on any atom is -0.487 e. The molecule has 7 heteroatoms. The smallest absolute Gasteiger partial charge is 0.242 e. The van der Waals surface area contributed by atoms with Crippen LogP contribution in [0.3, 0.4) is 0 Å². The molecule has 2 aromatic rings. The Hall–Kier alpha value is -2.41. The maximum absolute atomic E-state index is 12.1. The topological polar surface area (TPSA) is 81.1 Å². The van der Waals surface area contributed by atoms with Gasteiger partial charge in [0.1, 0.15) is 18.4 Å². The molecule has 0 saturated carbocycles. The van der Waals surface area contributed by atoms with Gasteiger partial charge in [0.15, 0.2) is 0 Å². The summed E-state index contributed by atoms with van der Waals surface area (Å²) >= 11 is 0. The lowest BCUT2D eigenvalue weighted by atomic mass is 10.2. The molecule has 1 amide bonds. The first-order valence-electron chi connectivity index (χ1n) is 7.78. The number of aryl methyl sites for hydroxylation is 1. The Labute approximate surface area is 135 Å². The van der Waals surface area contributed by atoms with Crippen molar-refractivity contribution >= 4 is 5.91 Å². The van der Waals surface area contributed by atoms with Crippen LogP contribution in [-0.2, 0) is 17.9 Å². The molecule has 122 valence electrons. The lowest BCUT2D eigenvalue weighted by Crippen LogP contribution is -2.28. The molecule has 0 radical (unpaired) electrons. The Balaban J connectivity index is 1.57. The first-order chi connectivity index (χ1) is 11.2. The standard InChI is InChI=1S/C16H21N5O2/c1-12-2-7-20-21(12)11-16(22)19-8-13-3-5-18-10-15(13)23-14-4-6-17-9-14/h2-3,5,7,10,14,17H,4,6,8-9,11H2,1H3,(H,19,22)/t14-/m0/s1. The van der Waals surface area contributed by atoms with Crippen LogP contribution in [0.15, 0.2) is 30.7 Å². The van der Waals surface area contributed by atoms with Crippen LogP contribution >= 0.6 is 0 Å². The van der Waals surface area contributed by atoms with E-state index in [0.717, 1.165) is 36.5 Å². The average Bonchev–Trinajstić information content (AvgIpc) is 3.19. The molecule has 2 aromatic heterocycles. The third kappa shape index (κ3) is 4.07. The number of rotatable bonds is 6. The zero-order chi connectivity index (χ0) is 16.1. The number of ether oxygens (including phenoxy) is 1. The van der Waals surface area contributed by atoms with Crippen molar-refractivity contribution in [3.05, 3.63) is 42.0 Å². The van der Waals surface area contributed by atoms with Crippen LogP contribution in [0.5, 0.6) is 5.75 Å². The van der Waals surface area contributed by atoms with Crippen molar-refractivity contribution in [2.75, 3.05) is 13.1 Å². The number of hydrogen-bond donors (Lipinski definition) is 2. The summed E-state index contributed by atoms with van der Waals surface area (Å²) in [4.78, 5) is 16.2. The number of hydrogen-bond acceptors (Lipinski definition) is 5. The van der Waals surface area contributed by atoms with E-state index in [1.165, 1.54) is 0 Å². The van der Waals surface area contributed by atoms with Gasteiger partial charge in [-0.3, -0.25) is 14.5 Å². The molecule has 23 heavy (non-hydrogen) atoms. The van der Waals surface area contributed by atoms with Crippen molar-refractivity contribution in [3.8, 4) is 5.75 Å². The maximum Gasteiger partial charge on any atom is 0.242 e. The highest BCUT2D eigenvalue weighted by molar-refractivity contribution is 5.75. The Kier molecular flexibility index (Phi) is 4.87. The molecule has 0 aromatic carbocycles. The van der Waals surface area contributed by atoms with Gasteiger partial charge >= 0.3 is 0 Å². The van der Waals surface area contributed by atoms with Gasteiger partial charge in [0.05, 0.1) is 6.20 Å². The molecule has 0 bridgehead atoms. The molecule has 0 aliphatic carbocycles. The molecule has 3 heterocycles. The van der Waals surface area contributed by atoms with Gasteiger partial charge in [-0.25, -0.2) is 0 Å². The van der Waals surface area contributed by atoms with Crippen LogP contribution in [-0.4, -0.2) is 39.9 Å². The van der Waals surface area contributed by atoms with Gasteiger partial charge in [-0.15, -0.1) is 0 Å². The number of pyridine rings is 1. The van der Waals surface area contributed by atoms with Crippen LogP contribution < -0.4 is 15.4 Å². The van der Waals surface area contributed by atoms with E-state index in [9.17, 15) is 4.79 Å². The summed E-state index contributed by atoms with van der Waals surface area (Å²) in [5, 5.41) is 10.3. The molecule has 1 atom stereocenters. The molecule has 1 aliphatic rings. The molecule has 0 spiro atoms. The predicted octanol–water partition coefficient (Wildman–Crippen LogP) is 0.644. The Morgan fingerprint density at radius 1 is 1.48 bits per heavy atom. The summed E-state index contributed by atoms with van der Waals surface area (Å²) in [5.41, 5.74) is 1.89. The first-order valence-corrected chi connectivity index (χ1v) is 7.78. The minimum atomic E-state index is -0.0814. The fourth-order valence-corrected chi connectivity index (χ4v) is 2.52. The van der Waals surface area contributed by atoms with Crippen molar-refractivity contribution in [2.24, 2.45) is 0 Å². The van der Waals surface area contributed by atoms with Crippen molar-refractivity contribution in [1.82, 2.24) is 25.4 Å². The van der Waals surface area contributed by atoms with Crippen LogP contribution in [0.2, 0.25) is 0 Å². The quantitative estimate of drug-likeness (QED) is 0.818. The summed E-state index contributed by atoms with van der Waals surface area (Å²) in [5.74, 6) is 0.652. The Morgan fingerprint density at radius 2 is 2.39 bits per heavy atom. The molecule has 0 unspecified atom stereocenters. The molecule has 1 fully saturated rings. The molecule has 1 aliphatic heterocycles. The average molecular weight is 315 g/mol. The van der Waals surface area contributed by atoms with E-state index >= 15 is 0 Å². The van der Waals surface area contributed by atoms with Gasteiger partial charge in [-0.05, 0) is 32.0 Å². The zero-order valence-electron chi connectivity index (χ0n) is 13.2. The molecule has 3 rings (SSSR count). The molecule has 1 saturated heterocycles. The van der Waals surface area contributed by atoms with Crippen LogP contribution in [0.4, 0.5) is 0 Å². The maximum atomic E-state index is 12.1. The third-order valence-corrected chi connectivity index (χ3v) is 3.88. The fourth-order valence-electron chi connectivity index (χ4n) is 2.52. The summed E-state index contributed by atoms with van der Waals surface area (Å²) in [6, 6.07) is 3.74. The fraction of sp³-hybridized carbons (Fsp3) is 0.438. The highest BCUT2D eigenvalue weighted by Crippen LogP contribution is 2.19. The largest absolute Gasteiger partial charge is 0.487 e. The molecular formula is C16H21N5O2. The monoisotopic (exact) mass is 315 g/mol. The van der Waals surface area contributed by atoms with Gasteiger partial charge in [0.2, 0.25) is 5.91 Å². The summed E-state index contributed by atoms with van der Waals surface area (Å²) in [6.07, 6.45) is 6.25. The second-order valence-electron chi connectivity index (χ2n) is 5.62. The lowest BCUT2D eigenvalue weighted by molar-refractivity contribution is -0.122. The van der Waals surface area contributed by atoms with Crippen molar-refractivity contribution in [3.63, 3.8) is 0 Å².